The van der Waals surface area contributed by atoms with Gasteiger partial charge in [0.15, 0.2) is 0 Å². The molecule has 3 nitrogen and oxygen atoms in total. The van der Waals surface area contributed by atoms with Crippen molar-refractivity contribution < 1.29 is 5.11 Å². The van der Waals surface area contributed by atoms with Gasteiger partial charge < -0.3 is 16.2 Å². The van der Waals surface area contributed by atoms with Crippen molar-refractivity contribution in [3.63, 3.8) is 0 Å². The Kier molecular flexibility index (Phi) is 1.89. The minimum Gasteiger partial charge on any atom is -0.506 e. The van der Waals surface area contributed by atoms with E-state index in [4.69, 9.17) is 5.73 Å². The van der Waals surface area contributed by atoms with Crippen molar-refractivity contribution in [1.29, 1.82) is 0 Å². The first-order chi connectivity index (χ1) is 7.27. The molecule has 2 aliphatic rings. The number of phenolic OH excluding ortho intramolecular Hbond substituents is 1. The van der Waals surface area contributed by atoms with Crippen molar-refractivity contribution in [2.45, 2.75) is 31.3 Å². The predicted octanol–water partition coefficient (Wildman–Crippen LogP) is 1.99. The van der Waals surface area contributed by atoms with Gasteiger partial charge in [0.05, 0.1) is 5.69 Å². The van der Waals surface area contributed by atoms with Gasteiger partial charge in [-0.1, -0.05) is 18.6 Å². The van der Waals surface area contributed by atoms with Crippen LogP contribution in [0.1, 0.15) is 30.9 Å². The fraction of sp³-hybridized carbons (Fsp3) is 0.500. The van der Waals surface area contributed by atoms with E-state index in [0.29, 0.717) is 17.7 Å². The number of para-hydroxylation sites is 1. The van der Waals surface area contributed by atoms with Crippen LogP contribution < -0.4 is 11.1 Å². The standard InChI is InChI=1S/C12H16N2O/c13-11-7-3-1-5-9(7)14-12-8(11)4-2-6-10(12)15/h2,4,6-7,9,11,14-15H,1,3,5,13H2. The molecule has 1 aromatic rings. The molecular weight excluding hydrogens is 188 g/mol. The Morgan fingerprint density at radius 3 is 3.07 bits per heavy atom. The van der Waals surface area contributed by atoms with Crippen LogP contribution in [0.15, 0.2) is 18.2 Å². The van der Waals surface area contributed by atoms with E-state index < -0.39 is 0 Å². The Balaban J connectivity index is 2.08. The number of nitrogens with two attached hydrogens (primary N) is 1. The van der Waals surface area contributed by atoms with Crippen LogP contribution in [0.3, 0.4) is 0 Å². The Morgan fingerprint density at radius 1 is 1.33 bits per heavy atom. The maximum absolute atomic E-state index is 9.78. The second-order valence-corrected chi connectivity index (χ2v) is 4.61. The monoisotopic (exact) mass is 204 g/mol. The van der Waals surface area contributed by atoms with Crippen molar-refractivity contribution >= 4 is 5.69 Å². The molecule has 80 valence electrons. The highest BCUT2D eigenvalue weighted by Gasteiger charge is 2.38. The number of fused-ring (bicyclic) bond motifs is 2. The minimum atomic E-state index is 0.0841. The largest absolute Gasteiger partial charge is 0.506 e. The molecule has 1 fully saturated rings. The lowest BCUT2D eigenvalue weighted by molar-refractivity contribution is 0.394. The molecule has 1 aliphatic heterocycles. The van der Waals surface area contributed by atoms with E-state index in [-0.39, 0.29) is 6.04 Å². The lowest BCUT2D eigenvalue weighted by Crippen LogP contribution is -2.37. The fourth-order valence-corrected chi connectivity index (χ4v) is 3.01. The van der Waals surface area contributed by atoms with Crippen molar-refractivity contribution in [2.24, 2.45) is 11.7 Å². The molecule has 0 amide bonds. The quantitative estimate of drug-likeness (QED) is 0.566. The van der Waals surface area contributed by atoms with Gasteiger partial charge in [0.1, 0.15) is 5.75 Å². The van der Waals surface area contributed by atoms with Crippen LogP contribution in [0.2, 0.25) is 0 Å². The molecule has 0 aromatic heterocycles. The molecule has 3 unspecified atom stereocenters. The van der Waals surface area contributed by atoms with E-state index in [2.05, 4.69) is 5.32 Å². The van der Waals surface area contributed by atoms with Gasteiger partial charge in [-0.2, -0.15) is 0 Å². The maximum Gasteiger partial charge on any atom is 0.139 e. The highest BCUT2D eigenvalue weighted by atomic mass is 16.3. The molecule has 3 atom stereocenters. The number of phenols is 1. The first-order valence-corrected chi connectivity index (χ1v) is 5.61. The number of rotatable bonds is 0. The zero-order valence-corrected chi connectivity index (χ0v) is 8.61. The summed E-state index contributed by atoms with van der Waals surface area (Å²) in [5.41, 5.74) is 8.17. The molecule has 0 saturated heterocycles. The third-order valence-electron chi connectivity index (χ3n) is 3.79. The smallest absolute Gasteiger partial charge is 0.139 e. The van der Waals surface area contributed by atoms with E-state index >= 15 is 0 Å². The van der Waals surface area contributed by atoms with E-state index in [1.165, 1.54) is 19.3 Å². The molecule has 15 heavy (non-hydrogen) atoms. The van der Waals surface area contributed by atoms with E-state index in [9.17, 15) is 5.11 Å². The number of hydrogen-bond acceptors (Lipinski definition) is 3. The van der Waals surface area contributed by atoms with E-state index in [0.717, 1.165) is 11.3 Å². The van der Waals surface area contributed by atoms with Crippen LogP contribution in [0.5, 0.6) is 5.75 Å². The second kappa shape index (κ2) is 3.14. The Labute approximate surface area is 89.3 Å². The second-order valence-electron chi connectivity index (χ2n) is 4.61. The molecule has 1 saturated carbocycles. The van der Waals surface area contributed by atoms with Crippen LogP contribution in [0.4, 0.5) is 5.69 Å². The van der Waals surface area contributed by atoms with Gasteiger partial charge >= 0.3 is 0 Å². The van der Waals surface area contributed by atoms with Crippen molar-refractivity contribution in [3.05, 3.63) is 23.8 Å². The molecule has 0 radical (unpaired) electrons. The first-order valence-electron chi connectivity index (χ1n) is 5.61. The zero-order valence-electron chi connectivity index (χ0n) is 8.61. The summed E-state index contributed by atoms with van der Waals surface area (Å²) in [6.45, 7) is 0. The first kappa shape index (κ1) is 9.04. The number of hydrogen-bond donors (Lipinski definition) is 3. The maximum atomic E-state index is 9.78. The summed E-state index contributed by atoms with van der Waals surface area (Å²) in [6, 6.07) is 6.14. The highest BCUT2D eigenvalue weighted by Crippen LogP contribution is 2.45. The van der Waals surface area contributed by atoms with E-state index in [1.54, 1.807) is 6.07 Å². The van der Waals surface area contributed by atoms with Crippen LogP contribution in [0, 0.1) is 5.92 Å². The number of nitrogens with one attached hydrogen (secondary N) is 1. The molecule has 4 N–H and O–H groups in total. The van der Waals surface area contributed by atoms with E-state index in [1.807, 2.05) is 12.1 Å². The van der Waals surface area contributed by atoms with Gasteiger partial charge in [-0.3, -0.25) is 0 Å². The molecule has 3 rings (SSSR count). The number of aromatic hydroxyl groups is 1. The Morgan fingerprint density at radius 2 is 2.20 bits per heavy atom. The summed E-state index contributed by atoms with van der Waals surface area (Å²) < 4.78 is 0. The van der Waals surface area contributed by atoms with Gasteiger partial charge in [0.2, 0.25) is 0 Å². The third kappa shape index (κ3) is 1.23. The molecule has 1 heterocycles. The Bertz CT molecular complexity index is 391. The lowest BCUT2D eigenvalue weighted by atomic mass is 9.85. The predicted molar refractivity (Wildman–Crippen MR) is 59.8 cm³/mol. The molecule has 1 aromatic carbocycles. The van der Waals surface area contributed by atoms with Gasteiger partial charge in [-0.05, 0) is 30.4 Å². The van der Waals surface area contributed by atoms with Crippen LogP contribution in [-0.4, -0.2) is 11.1 Å². The van der Waals surface area contributed by atoms with Crippen molar-refractivity contribution in [1.82, 2.24) is 0 Å². The zero-order chi connectivity index (χ0) is 10.4. The van der Waals surface area contributed by atoms with Crippen LogP contribution in [0.25, 0.3) is 0 Å². The van der Waals surface area contributed by atoms with Crippen molar-refractivity contribution in [2.75, 3.05) is 5.32 Å². The molecule has 0 bridgehead atoms. The summed E-state index contributed by atoms with van der Waals surface area (Å²) in [6.07, 6.45) is 3.62. The normalized spacial score (nSPS) is 33.0. The highest BCUT2D eigenvalue weighted by molar-refractivity contribution is 5.65. The van der Waals surface area contributed by atoms with Crippen LogP contribution in [-0.2, 0) is 0 Å². The SMILES string of the molecule is NC1c2cccc(O)c2NC2CCCC21. The fourth-order valence-electron chi connectivity index (χ4n) is 3.01. The average molecular weight is 204 g/mol. The average Bonchev–Trinajstić information content (AvgIpc) is 2.68. The summed E-state index contributed by atoms with van der Waals surface area (Å²) in [7, 11) is 0. The molecular formula is C12H16N2O. The summed E-state index contributed by atoms with van der Waals surface area (Å²) in [5, 5.41) is 13.2. The molecule has 1 aliphatic carbocycles. The van der Waals surface area contributed by atoms with Gasteiger partial charge in [0.25, 0.3) is 0 Å². The molecule has 3 heteroatoms. The summed E-state index contributed by atoms with van der Waals surface area (Å²) in [4.78, 5) is 0. The van der Waals surface area contributed by atoms with Gasteiger partial charge in [-0.25, -0.2) is 0 Å². The van der Waals surface area contributed by atoms with Gasteiger partial charge in [-0.15, -0.1) is 0 Å². The Hall–Kier alpha value is -1.22. The lowest BCUT2D eigenvalue weighted by Gasteiger charge is -2.35. The topological polar surface area (TPSA) is 58.3 Å². The third-order valence-corrected chi connectivity index (χ3v) is 3.79. The van der Waals surface area contributed by atoms with Gasteiger partial charge in [0, 0.05) is 12.1 Å². The summed E-state index contributed by atoms with van der Waals surface area (Å²) in [5.74, 6) is 0.868. The minimum absolute atomic E-state index is 0.0841. The molecule has 0 spiro atoms. The number of anilines is 1. The number of benzene rings is 1. The van der Waals surface area contributed by atoms with Crippen LogP contribution >= 0.6 is 0 Å². The summed E-state index contributed by atoms with van der Waals surface area (Å²) >= 11 is 0. The van der Waals surface area contributed by atoms with Crippen molar-refractivity contribution in [3.8, 4) is 5.75 Å².